The number of halogens is 1. The molecule has 2 aromatic rings. The highest BCUT2D eigenvalue weighted by atomic mass is 35.5. The second-order valence-corrected chi connectivity index (χ2v) is 6.10. The summed E-state index contributed by atoms with van der Waals surface area (Å²) in [5.41, 5.74) is 2.34. The molecule has 0 atom stereocenters. The van der Waals surface area contributed by atoms with Crippen LogP contribution in [0.4, 0.5) is 0 Å². The SMILES string of the molecule is O=C1/C(=C/c2ccsc2)NC(=S)N1Cc1ccccc1Cl. The number of carbonyl (C=O) groups excluding carboxylic acids is 1. The van der Waals surface area contributed by atoms with Gasteiger partial charge in [-0.25, -0.2) is 0 Å². The maximum absolute atomic E-state index is 12.4. The molecule has 0 aliphatic carbocycles. The summed E-state index contributed by atoms with van der Waals surface area (Å²) >= 11 is 13.0. The smallest absolute Gasteiger partial charge is 0.276 e. The molecule has 1 aromatic heterocycles. The summed E-state index contributed by atoms with van der Waals surface area (Å²) in [4.78, 5) is 13.9. The summed E-state index contributed by atoms with van der Waals surface area (Å²) in [6, 6.07) is 9.39. The lowest BCUT2D eigenvalue weighted by atomic mass is 10.2. The van der Waals surface area contributed by atoms with Crippen LogP contribution in [0.15, 0.2) is 46.8 Å². The Morgan fingerprint density at radius 3 is 2.86 bits per heavy atom. The first kappa shape index (κ1) is 14.3. The van der Waals surface area contributed by atoms with Crippen LogP contribution in [0.25, 0.3) is 6.08 Å². The van der Waals surface area contributed by atoms with Crippen LogP contribution in [0.5, 0.6) is 0 Å². The Kier molecular flexibility index (Phi) is 4.05. The summed E-state index contributed by atoms with van der Waals surface area (Å²) in [6.07, 6.45) is 1.80. The maximum atomic E-state index is 12.4. The highest BCUT2D eigenvalue weighted by Crippen LogP contribution is 2.21. The van der Waals surface area contributed by atoms with Crippen molar-refractivity contribution in [3.8, 4) is 0 Å². The van der Waals surface area contributed by atoms with Crippen molar-refractivity contribution in [1.29, 1.82) is 0 Å². The number of thiocarbonyl (C=S) groups is 1. The Labute approximate surface area is 136 Å². The maximum Gasteiger partial charge on any atom is 0.276 e. The second kappa shape index (κ2) is 5.97. The number of nitrogens with one attached hydrogen (secondary N) is 1. The predicted octanol–water partition coefficient (Wildman–Crippen LogP) is 3.66. The van der Waals surface area contributed by atoms with Crippen LogP contribution in [-0.2, 0) is 11.3 Å². The van der Waals surface area contributed by atoms with Crippen LogP contribution in [0.2, 0.25) is 5.02 Å². The molecule has 0 unspecified atom stereocenters. The van der Waals surface area contributed by atoms with Gasteiger partial charge in [0, 0.05) is 5.02 Å². The molecule has 3 nitrogen and oxygen atoms in total. The standard InChI is InChI=1S/C15H11ClN2OS2/c16-12-4-2-1-3-11(12)8-18-14(19)13(17-15(18)20)7-10-5-6-21-9-10/h1-7,9H,8H2,(H,17,20)/b13-7-. The van der Waals surface area contributed by atoms with E-state index in [9.17, 15) is 4.79 Å². The van der Waals surface area contributed by atoms with Crippen molar-refractivity contribution < 1.29 is 4.79 Å². The number of amides is 1. The monoisotopic (exact) mass is 334 g/mol. The van der Waals surface area contributed by atoms with Gasteiger partial charge in [-0.2, -0.15) is 11.3 Å². The molecule has 6 heteroatoms. The Hall–Kier alpha value is -1.69. The number of hydrogen-bond acceptors (Lipinski definition) is 3. The zero-order valence-electron chi connectivity index (χ0n) is 10.9. The summed E-state index contributed by atoms with van der Waals surface area (Å²) in [5.74, 6) is -0.133. The van der Waals surface area contributed by atoms with Gasteiger partial charge in [-0.1, -0.05) is 29.8 Å². The van der Waals surface area contributed by atoms with Crippen molar-refractivity contribution in [3.05, 3.63) is 62.9 Å². The first-order chi connectivity index (χ1) is 10.1. The van der Waals surface area contributed by atoms with Gasteiger partial charge in [-0.3, -0.25) is 9.69 Å². The number of hydrogen-bond donors (Lipinski definition) is 1. The number of benzene rings is 1. The van der Waals surface area contributed by atoms with E-state index in [4.69, 9.17) is 23.8 Å². The molecule has 1 fully saturated rings. The minimum absolute atomic E-state index is 0.133. The molecule has 2 heterocycles. The Bertz CT molecular complexity index is 725. The van der Waals surface area contributed by atoms with E-state index in [1.165, 1.54) is 4.90 Å². The minimum Gasteiger partial charge on any atom is -0.328 e. The van der Waals surface area contributed by atoms with Crippen LogP contribution in [0.1, 0.15) is 11.1 Å². The molecule has 0 bridgehead atoms. The molecule has 21 heavy (non-hydrogen) atoms. The Balaban J connectivity index is 1.83. The van der Waals surface area contributed by atoms with E-state index in [1.54, 1.807) is 23.5 Å². The van der Waals surface area contributed by atoms with Crippen LogP contribution in [0, 0.1) is 0 Å². The second-order valence-electron chi connectivity index (χ2n) is 4.53. The predicted molar refractivity (Wildman–Crippen MR) is 90.0 cm³/mol. The van der Waals surface area contributed by atoms with E-state index in [2.05, 4.69) is 5.32 Å². The fourth-order valence-corrected chi connectivity index (χ4v) is 3.11. The summed E-state index contributed by atoms with van der Waals surface area (Å²) in [6.45, 7) is 0.366. The minimum atomic E-state index is -0.133. The van der Waals surface area contributed by atoms with Crippen molar-refractivity contribution in [3.63, 3.8) is 0 Å². The fraction of sp³-hybridized carbons (Fsp3) is 0.0667. The lowest BCUT2D eigenvalue weighted by molar-refractivity contribution is -0.122. The molecule has 0 radical (unpaired) electrons. The summed E-state index contributed by atoms with van der Waals surface area (Å²) in [7, 11) is 0. The van der Waals surface area contributed by atoms with Gasteiger partial charge in [0.1, 0.15) is 5.70 Å². The zero-order valence-corrected chi connectivity index (χ0v) is 13.3. The molecule has 1 saturated heterocycles. The Morgan fingerprint density at radius 1 is 1.33 bits per heavy atom. The Morgan fingerprint density at radius 2 is 2.14 bits per heavy atom. The van der Waals surface area contributed by atoms with Crippen molar-refractivity contribution in [2.45, 2.75) is 6.54 Å². The van der Waals surface area contributed by atoms with E-state index in [0.717, 1.165) is 11.1 Å². The topological polar surface area (TPSA) is 32.3 Å². The van der Waals surface area contributed by atoms with Crippen molar-refractivity contribution in [1.82, 2.24) is 10.2 Å². The first-order valence-corrected chi connectivity index (χ1v) is 7.98. The number of nitrogens with zero attached hydrogens (tertiary/aromatic N) is 1. The van der Waals surface area contributed by atoms with Crippen molar-refractivity contribution >= 4 is 52.3 Å². The molecule has 1 aliphatic heterocycles. The lowest BCUT2D eigenvalue weighted by Gasteiger charge is -2.14. The number of carbonyl (C=O) groups is 1. The molecule has 106 valence electrons. The van der Waals surface area contributed by atoms with E-state index in [-0.39, 0.29) is 5.91 Å². The molecule has 1 aromatic carbocycles. The largest absolute Gasteiger partial charge is 0.328 e. The number of thiophene rings is 1. The van der Waals surface area contributed by atoms with Crippen LogP contribution < -0.4 is 5.32 Å². The van der Waals surface area contributed by atoms with Crippen LogP contribution in [0.3, 0.4) is 0 Å². The molecule has 1 N–H and O–H groups in total. The van der Waals surface area contributed by atoms with Gasteiger partial charge >= 0.3 is 0 Å². The van der Waals surface area contributed by atoms with Crippen LogP contribution in [-0.4, -0.2) is 15.9 Å². The number of rotatable bonds is 3. The summed E-state index contributed by atoms with van der Waals surface area (Å²) < 4.78 is 0. The van der Waals surface area contributed by atoms with Crippen molar-refractivity contribution in [2.24, 2.45) is 0 Å². The summed E-state index contributed by atoms with van der Waals surface area (Å²) in [5, 5.41) is 7.93. The first-order valence-electron chi connectivity index (χ1n) is 6.25. The van der Waals surface area contributed by atoms with Gasteiger partial charge < -0.3 is 5.32 Å². The van der Waals surface area contributed by atoms with E-state index in [1.807, 2.05) is 35.0 Å². The average molecular weight is 335 g/mol. The molecule has 1 aliphatic rings. The third-order valence-corrected chi connectivity index (χ3v) is 4.50. The molecule has 3 rings (SSSR count). The van der Waals surface area contributed by atoms with Gasteiger partial charge in [0.25, 0.3) is 5.91 Å². The lowest BCUT2D eigenvalue weighted by Crippen LogP contribution is -2.30. The van der Waals surface area contributed by atoms with E-state index in [0.29, 0.717) is 22.4 Å². The normalized spacial score (nSPS) is 16.6. The third kappa shape index (κ3) is 3.00. The zero-order chi connectivity index (χ0) is 14.8. The van der Waals surface area contributed by atoms with Gasteiger partial charge in [-0.15, -0.1) is 0 Å². The highest BCUT2D eigenvalue weighted by Gasteiger charge is 2.30. The highest BCUT2D eigenvalue weighted by molar-refractivity contribution is 7.80. The van der Waals surface area contributed by atoms with Crippen LogP contribution >= 0.6 is 35.2 Å². The molecule has 1 amide bonds. The van der Waals surface area contributed by atoms with E-state index >= 15 is 0 Å². The fourth-order valence-electron chi connectivity index (χ4n) is 2.04. The van der Waals surface area contributed by atoms with Gasteiger partial charge in [0.2, 0.25) is 0 Å². The molecular formula is C15H11ClN2OS2. The molecule has 0 saturated carbocycles. The molecule has 0 spiro atoms. The van der Waals surface area contributed by atoms with Gasteiger partial charge in [0.05, 0.1) is 6.54 Å². The van der Waals surface area contributed by atoms with E-state index < -0.39 is 0 Å². The van der Waals surface area contributed by atoms with Gasteiger partial charge in [-0.05, 0) is 52.3 Å². The quantitative estimate of drug-likeness (QED) is 0.686. The van der Waals surface area contributed by atoms with Crippen molar-refractivity contribution in [2.75, 3.05) is 0 Å². The van der Waals surface area contributed by atoms with Gasteiger partial charge in [0.15, 0.2) is 5.11 Å². The molecular weight excluding hydrogens is 324 g/mol. The third-order valence-electron chi connectivity index (χ3n) is 3.10. The average Bonchev–Trinajstić information content (AvgIpc) is 3.05.